The van der Waals surface area contributed by atoms with Gasteiger partial charge >= 0.3 is 6.18 Å². The molecule has 0 bridgehead atoms. The minimum absolute atomic E-state index is 0.188. The molecule has 140 valence electrons. The highest BCUT2D eigenvalue weighted by molar-refractivity contribution is 5.32. The fraction of sp³-hybridized carbons (Fsp3) is 0.471. The van der Waals surface area contributed by atoms with Crippen molar-refractivity contribution in [1.82, 2.24) is 15.0 Å². The molecule has 0 aliphatic carbocycles. The molecule has 1 fully saturated rings. The molecule has 26 heavy (non-hydrogen) atoms. The maximum absolute atomic E-state index is 12.7. The Morgan fingerprint density at radius 3 is 2.42 bits per heavy atom. The number of nitrogens with zero attached hydrogens (tertiary/aromatic N) is 4. The summed E-state index contributed by atoms with van der Waals surface area (Å²) in [6.07, 6.45) is 1.60. The Morgan fingerprint density at radius 2 is 1.81 bits per heavy atom. The molecular formula is C17H19F3N4O2. The second kappa shape index (κ2) is 7.76. The zero-order valence-corrected chi connectivity index (χ0v) is 14.2. The van der Waals surface area contributed by atoms with Crippen molar-refractivity contribution in [3.63, 3.8) is 0 Å². The maximum atomic E-state index is 12.7. The van der Waals surface area contributed by atoms with Crippen molar-refractivity contribution in [2.75, 3.05) is 31.7 Å². The molecule has 0 saturated carbocycles. The quantitative estimate of drug-likeness (QED) is 0.808. The third kappa shape index (κ3) is 4.53. The van der Waals surface area contributed by atoms with Gasteiger partial charge in [-0.1, -0.05) is 0 Å². The summed E-state index contributed by atoms with van der Waals surface area (Å²) in [7, 11) is 1.56. The van der Waals surface area contributed by atoms with Crippen molar-refractivity contribution in [2.24, 2.45) is 5.92 Å². The van der Waals surface area contributed by atoms with Crippen LogP contribution in [-0.2, 0) is 6.18 Å². The monoisotopic (exact) mass is 368 g/mol. The molecule has 0 spiro atoms. The topological polar surface area (TPSA) is 60.4 Å². The second-order valence-electron chi connectivity index (χ2n) is 6.04. The van der Waals surface area contributed by atoms with Gasteiger partial charge in [-0.25, -0.2) is 9.97 Å². The summed E-state index contributed by atoms with van der Waals surface area (Å²) in [6, 6.07) is 2.37. The Kier molecular flexibility index (Phi) is 5.43. The first-order valence-corrected chi connectivity index (χ1v) is 8.23. The highest BCUT2D eigenvalue weighted by Crippen LogP contribution is 2.30. The minimum Gasteiger partial charge on any atom is -0.494 e. The lowest BCUT2D eigenvalue weighted by Gasteiger charge is -2.31. The highest BCUT2D eigenvalue weighted by atomic mass is 19.4. The molecule has 2 aromatic heterocycles. The van der Waals surface area contributed by atoms with Crippen LogP contribution in [0.15, 0.2) is 30.7 Å². The fourth-order valence-electron chi connectivity index (χ4n) is 2.75. The Labute approximate surface area is 149 Å². The first-order valence-electron chi connectivity index (χ1n) is 8.23. The molecule has 6 nitrogen and oxygen atoms in total. The van der Waals surface area contributed by atoms with Gasteiger partial charge in [0.1, 0.15) is 11.4 Å². The van der Waals surface area contributed by atoms with E-state index in [-0.39, 0.29) is 11.7 Å². The fourth-order valence-corrected chi connectivity index (χ4v) is 2.75. The van der Waals surface area contributed by atoms with Crippen LogP contribution in [0, 0.1) is 5.92 Å². The molecule has 0 unspecified atom stereocenters. The predicted octanol–water partition coefficient (Wildman–Crippen LogP) is 3.19. The van der Waals surface area contributed by atoms with Crippen molar-refractivity contribution in [1.29, 1.82) is 0 Å². The summed E-state index contributed by atoms with van der Waals surface area (Å²) in [5.41, 5.74) is -0.943. The first-order chi connectivity index (χ1) is 12.5. The van der Waals surface area contributed by atoms with Crippen LogP contribution in [0.25, 0.3) is 0 Å². The average Bonchev–Trinajstić information content (AvgIpc) is 2.66. The minimum atomic E-state index is -4.47. The van der Waals surface area contributed by atoms with E-state index in [1.165, 1.54) is 6.07 Å². The SMILES string of the molecule is COc1cnc(N2CCC(COc3ccnc(C(F)(F)F)c3)CC2)nc1. The van der Waals surface area contributed by atoms with Gasteiger partial charge in [-0.3, -0.25) is 4.98 Å². The van der Waals surface area contributed by atoms with E-state index in [2.05, 4.69) is 19.9 Å². The van der Waals surface area contributed by atoms with Gasteiger partial charge in [0.25, 0.3) is 0 Å². The van der Waals surface area contributed by atoms with Gasteiger partial charge in [-0.2, -0.15) is 13.2 Å². The molecule has 3 rings (SSSR count). The Hall–Kier alpha value is -2.58. The van der Waals surface area contributed by atoms with Crippen LogP contribution >= 0.6 is 0 Å². The zero-order valence-electron chi connectivity index (χ0n) is 14.2. The van der Waals surface area contributed by atoms with Gasteiger partial charge in [0.2, 0.25) is 5.95 Å². The van der Waals surface area contributed by atoms with Gasteiger partial charge in [-0.05, 0) is 24.8 Å². The summed E-state index contributed by atoms with van der Waals surface area (Å²) in [5.74, 6) is 1.71. The summed E-state index contributed by atoms with van der Waals surface area (Å²) in [4.78, 5) is 13.9. The molecule has 0 amide bonds. The van der Waals surface area contributed by atoms with E-state index in [9.17, 15) is 13.2 Å². The second-order valence-corrected chi connectivity index (χ2v) is 6.04. The highest BCUT2D eigenvalue weighted by Gasteiger charge is 2.32. The third-order valence-electron chi connectivity index (χ3n) is 4.26. The normalized spacial score (nSPS) is 15.8. The number of ether oxygens (including phenoxy) is 2. The van der Waals surface area contributed by atoms with Crippen LogP contribution in [-0.4, -0.2) is 41.8 Å². The van der Waals surface area contributed by atoms with E-state index < -0.39 is 11.9 Å². The number of aromatic nitrogens is 3. The van der Waals surface area contributed by atoms with Gasteiger partial charge < -0.3 is 14.4 Å². The van der Waals surface area contributed by atoms with Gasteiger partial charge in [0, 0.05) is 25.4 Å². The third-order valence-corrected chi connectivity index (χ3v) is 4.26. The smallest absolute Gasteiger partial charge is 0.433 e. The number of hydrogen-bond donors (Lipinski definition) is 0. The van der Waals surface area contributed by atoms with Crippen molar-refractivity contribution in [3.05, 3.63) is 36.4 Å². The number of methoxy groups -OCH3 is 1. The van der Waals surface area contributed by atoms with Gasteiger partial charge in [-0.15, -0.1) is 0 Å². The molecule has 1 saturated heterocycles. The van der Waals surface area contributed by atoms with Crippen molar-refractivity contribution >= 4 is 5.95 Å². The van der Waals surface area contributed by atoms with E-state index in [0.717, 1.165) is 38.2 Å². The molecule has 0 aromatic carbocycles. The van der Waals surface area contributed by atoms with Crippen LogP contribution in [0.5, 0.6) is 11.5 Å². The number of rotatable bonds is 5. The zero-order chi connectivity index (χ0) is 18.6. The Balaban J connectivity index is 1.50. The average molecular weight is 368 g/mol. The van der Waals surface area contributed by atoms with Crippen LogP contribution in [0.4, 0.5) is 19.1 Å². The molecule has 2 aromatic rings. The number of anilines is 1. The largest absolute Gasteiger partial charge is 0.494 e. The Morgan fingerprint density at radius 1 is 1.12 bits per heavy atom. The molecule has 1 aliphatic heterocycles. The van der Waals surface area contributed by atoms with Gasteiger partial charge in [0.05, 0.1) is 26.1 Å². The van der Waals surface area contributed by atoms with Crippen LogP contribution in [0.1, 0.15) is 18.5 Å². The van der Waals surface area contributed by atoms with Crippen molar-refractivity contribution in [3.8, 4) is 11.5 Å². The summed E-state index contributed by atoms with van der Waals surface area (Å²) in [6.45, 7) is 1.91. The first kappa shape index (κ1) is 18.2. The molecule has 0 N–H and O–H groups in total. The van der Waals surface area contributed by atoms with Crippen LogP contribution in [0.2, 0.25) is 0 Å². The van der Waals surface area contributed by atoms with Gasteiger partial charge in [0.15, 0.2) is 5.75 Å². The molecular weight excluding hydrogens is 349 g/mol. The maximum Gasteiger partial charge on any atom is 0.433 e. The van der Waals surface area contributed by atoms with Crippen LogP contribution < -0.4 is 14.4 Å². The van der Waals surface area contributed by atoms with Crippen molar-refractivity contribution in [2.45, 2.75) is 19.0 Å². The Bertz CT molecular complexity index is 717. The number of halogens is 3. The molecule has 0 atom stereocenters. The predicted molar refractivity (Wildman–Crippen MR) is 88.3 cm³/mol. The van der Waals surface area contributed by atoms with E-state index in [4.69, 9.17) is 9.47 Å². The van der Waals surface area contributed by atoms with E-state index >= 15 is 0 Å². The van der Waals surface area contributed by atoms with Crippen molar-refractivity contribution < 1.29 is 22.6 Å². The lowest BCUT2D eigenvalue weighted by molar-refractivity contribution is -0.141. The number of pyridine rings is 1. The molecule has 0 radical (unpaired) electrons. The van der Waals surface area contributed by atoms with E-state index in [0.29, 0.717) is 18.3 Å². The molecule has 9 heteroatoms. The lowest BCUT2D eigenvalue weighted by atomic mass is 9.98. The molecule has 3 heterocycles. The summed E-state index contributed by atoms with van der Waals surface area (Å²) < 4.78 is 48.6. The summed E-state index contributed by atoms with van der Waals surface area (Å²) in [5, 5.41) is 0. The van der Waals surface area contributed by atoms with E-state index in [1.807, 2.05) is 0 Å². The number of alkyl halides is 3. The number of hydrogen-bond acceptors (Lipinski definition) is 6. The standard InChI is InChI=1S/C17H19F3N4O2/c1-25-14-9-22-16(23-10-14)24-6-3-12(4-7-24)11-26-13-2-5-21-15(8-13)17(18,19)20/h2,5,8-10,12H,3-4,6-7,11H2,1H3. The lowest BCUT2D eigenvalue weighted by Crippen LogP contribution is -2.36. The van der Waals surface area contributed by atoms with Crippen LogP contribution in [0.3, 0.4) is 0 Å². The molecule has 1 aliphatic rings. The van der Waals surface area contributed by atoms with E-state index in [1.54, 1.807) is 19.5 Å². The number of piperidine rings is 1. The summed E-state index contributed by atoms with van der Waals surface area (Å²) >= 11 is 0.